The Morgan fingerprint density at radius 1 is 1.21 bits per heavy atom. The quantitative estimate of drug-likeness (QED) is 0.549. The predicted octanol–water partition coefficient (Wildman–Crippen LogP) is 3.22. The highest BCUT2D eigenvalue weighted by atomic mass is 16.5. The Kier molecular flexibility index (Phi) is 7.14. The Morgan fingerprint density at radius 3 is 2.52 bits per heavy atom. The van der Waals surface area contributed by atoms with Gasteiger partial charge in [0.15, 0.2) is 11.7 Å². The molecule has 1 aliphatic rings. The predicted molar refractivity (Wildman–Crippen MR) is 114 cm³/mol. The van der Waals surface area contributed by atoms with E-state index in [0.29, 0.717) is 12.5 Å². The third-order valence-electron chi connectivity index (χ3n) is 5.57. The number of nitrogens with one attached hydrogen (secondary N) is 2. The molecule has 1 saturated heterocycles. The lowest BCUT2D eigenvalue weighted by Crippen LogP contribution is -2.47. The minimum Gasteiger partial charge on any atom is -0.497 e. The van der Waals surface area contributed by atoms with Crippen LogP contribution in [0.2, 0.25) is 0 Å². The first kappa shape index (κ1) is 21.2. The van der Waals surface area contributed by atoms with Crippen LogP contribution in [0.25, 0.3) is 0 Å². The molecule has 1 aromatic carbocycles. The number of methoxy groups -OCH3 is 1. The molecular weight excluding hydrogens is 368 g/mol. The van der Waals surface area contributed by atoms with E-state index in [1.165, 1.54) is 5.56 Å². The average Bonchev–Trinajstić information content (AvgIpc) is 3.24. The summed E-state index contributed by atoms with van der Waals surface area (Å²) in [7, 11) is 3.47. The van der Waals surface area contributed by atoms with E-state index in [1.807, 2.05) is 18.2 Å². The summed E-state index contributed by atoms with van der Waals surface area (Å²) in [5.74, 6) is 2.76. The molecule has 0 spiro atoms. The second kappa shape index (κ2) is 9.78. The maximum atomic E-state index is 5.63. The van der Waals surface area contributed by atoms with Crippen molar-refractivity contribution in [3.8, 4) is 5.75 Å². The molecule has 3 rings (SSSR count). The summed E-state index contributed by atoms with van der Waals surface area (Å²) in [6.07, 6.45) is 1.92. The topological polar surface area (TPSA) is 80.9 Å². The van der Waals surface area contributed by atoms with Crippen LogP contribution in [0.1, 0.15) is 49.6 Å². The maximum absolute atomic E-state index is 5.63. The van der Waals surface area contributed by atoms with Gasteiger partial charge in [0.2, 0.25) is 0 Å². The van der Waals surface area contributed by atoms with E-state index in [4.69, 9.17) is 14.0 Å². The van der Waals surface area contributed by atoms with Crippen molar-refractivity contribution in [2.45, 2.75) is 44.6 Å². The summed E-state index contributed by atoms with van der Waals surface area (Å²) in [4.78, 5) is 4.36. The molecule has 2 aromatic rings. The van der Waals surface area contributed by atoms with Crippen LogP contribution in [0.5, 0.6) is 5.75 Å². The highest BCUT2D eigenvalue weighted by Crippen LogP contribution is 2.35. The number of hydrogen-bond acceptors (Lipinski definition) is 5. The van der Waals surface area contributed by atoms with Crippen LogP contribution in [0, 0.1) is 0 Å². The van der Waals surface area contributed by atoms with Crippen LogP contribution in [0.4, 0.5) is 0 Å². The molecule has 29 heavy (non-hydrogen) atoms. The zero-order valence-corrected chi connectivity index (χ0v) is 17.8. The van der Waals surface area contributed by atoms with E-state index in [9.17, 15) is 0 Å². The van der Waals surface area contributed by atoms with Gasteiger partial charge in [-0.15, -0.1) is 0 Å². The van der Waals surface area contributed by atoms with Gasteiger partial charge in [-0.1, -0.05) is 31.1 Å². The Balaban J connectivity index is 1.63. The van der Waals surface area contributed by atoms with Gasteiger partial charge in [-0.3, -0.25) is 4.99 Å². The highest BCUT2D eigenvalue weighted by Gasteiger charge is 2.34. The third-order valence-corrected chi connectivity index (χ3v) is 5.57. The molecule has 2 N–H and O–H groups in total. The molecule has 2 heterocycles. The smallest absolute Gasteiger partial charge is 0.191 e. The summed E-state index contributed by atoms with van der Waals surface area (Å²) >= 11 is 0. The van der Waals surface area contributed by atoms with Gasteiger partial charge in [-0.2, -0.15) is 0 Å². The van der Waals surface area contributed by atoms with E-state index in [-0.39, 0.29) is 5.41 Å². The van der Waals surface area contributed by atoms with Crippen LogP contribution in [-0.4, -0.2) is 45.0 Å². The molecule has 0 atom stereocenters. The second-order valence-corrected chi connectivity index (χ2v) is 7.77. The number of rotatable bonds is 7. The summed E-state index contributed by atoms with van der Waals surface area (Å²) in [5, 5.41) is 10.9. The normalized spacial score (nSPS) is 16.7. The molecule has 158 valence electrons. The zero-order valence-electron chi connectivity index (χ0n) is 17.8. The number of guanidine groups is 1. The van der Waals surface area contributed by atoms with Gasteiger partial charge in [-0.25, -0.2) is 0 Å². The van der Waals surface area contributed by atoms with Gasteiger partial charge in [0, 0.05) is 38.3 Å². The lowest BCUT2D eigenvalue weighted by molar-refractivity contribution is 0.0513. The molecule has 7 nitrogen and oxygen atoms in total. The molecule has 0 amide bonds. The van der Waals surface area contributed by atoms with Gasteiger partial charge in [-0.05, 0) is 36.5 Å². The molecule has 1 aliphatic heterocycles. The maximum Gasteiger partial charge on any atom is 0.191 e. The van der Waals surface area contributed by atoms with E-state index < -0.39 is 0 Å². The number of benzene rings is 1. The van der Waals surface area contributed by atoms with E-state index in [1.54, 1.807) is 14.2 Å². The molecular formula is C22H32N4O3. The molecule has 0 radical (unpaired) electrons. The fourth-order valence-corrected chi connectivity index (χ4v) is 3.60. The molecule has 1 aromatic heterocycles. The Hall–Kier alpha value is -2.54. The van der Waals surface area contributed by atoms with Crippen molar-refractivity contribution < 1.29 is 14.0 Å². The summed E-state index contributed by atoms with van der Waals surface area (Å²) < 4.78 is 16.3. The summed E-state index contributed by atoms with van der Waals surface area (Å²) in [5.41, 5.74) is 2.26. The van der Waals surface area contributed by atoms with Crippen molar-refractivity contribution >= 4 is 5.96 Å². The Labute approximate surface area is 172 Å². The summed E-state index contributed by atoms with van der Waals surface area (Å²) in [6.45, 7) is 7.03. The van der Waals surface area contributed by atoms with Crippen LogP contribution < -0.4 is 15.4 Å². The number of nitrogens with zero attached hydrogens (tertiary/aromatic N) is 2. The van der Waals surface area contributed by atoms with Crippen LogP contribution in [-0.2, 0) is 16.7 Å². The van der Waals surface area contributed by atoms with E-state index >= 15 is 0 Å². The number of ether oxygens (including phenoxy) is 2. The van der Waals surface area contributed by atoms with Crippen molar-refractivity contribution in [3.05, 3.63) is 47.3 Å². The van der Waals surface area contributed by atoms with Crippen molar-refractivity contribution in [1.82, 2.24) is 15.8 Å². The SMILES string of the molecule is CN=C(NCc1cc(C(C)C)no1)NCC1(c2ccc(OC)cc2)CCOCC1. The monoisotopic (exact) mass is 400 g/mol. The number of hydrogen-bond donors (Lipinski definition) is 2. The van der Waals surface area contributed by atoms with Crippen molar-refractivity contribution in [2.24, 2.45) is 4.99 Å². The van der Waals surface area contributed by atoms with Gasteiger partial charge in [0.25, 0.3) is 0 Å². The standard InChI is InChI=1S/C22H32N4O3/c1-16(2)20-13-19(29-26-20)14-24-21(23-3)25-15-22(9-11-28-12-10-22)17-5-7-18(27-4)8-6-17/h5-8,13,16H,9-12,14-15H2,1-4H3,(H2,23,24,25). The van der Waals surface area contributed by atoms with Gasteiger partial charge in [0.1, 0.15) is 5.75 Å². The van der Waals surface area contributed by atoms with Crippen LogP contribution in [0.15, 0.2) is 39.8 Å². The van der Waals surface area contributed by atoms with Crippen LogP contribution >= 0.6 is 0 Å². The fourth-order valence-electron chi connectivity index (χ4n) is 3.60. The van der Waals surface area contributed by atoms with E-state index in [2.05, 4.69) is 46.8 Å². The first-order valence-corrected chi connectivity index (χ1v) is 10.2. The minimum atomic E-state index is -0.000802. The van der Waals surface area contributed by atoms with E-state index in [0.717, 1.165) is 55.8 Å². The Bertz CT molecular complexity index is 793. The molecule has 0 bridgehead atoms. The number of aromatic nitrogens is 1. The van der Waals surface area contributed by atoms with Crippen molar-refractivity contribution in [3.63, 3.8) is 0 Å². The molecule has 0 aliphatic carbocycles. The molecule has 1 fully saturated rings. The third kappa shape index (κ3) is 5.29. The minimum absolute atomic E-state index is 0.000802. The lowest BCUT2D eigenvalue weighted by Gasteiger charge is -2.38. The van der Waals surface area contributed by atoms with Gasteiger partial charge >= 0.3 is 0 Å². The first-order valence-electron chi connectivity index (χ1n) is 10.2. The highest BCUT2D eigenvalue weighted by molar-refractivity contribution is 5.79. The lowest BCUT2D eigenvalue weighted by atomic mass is 9.74. The molecule has 0 saturated carbocycles. The second-order valence-electron chi connectivity index (χ2n) is 7.77. The largest absolute Gasteiger partial charge is 0.497 e. The first-order chi connectivity index (χ1) is 14.1. The average molecular weight is 401 g/mol. The summed E-state index contributed by atoms with van der Waals surface area (Å²) in [6, 6.07) is 10.3. The number of aliphatic imine (C=N–C) groups is 1. The van der Waals surface area contributed by atoms with Crippen molar-refractivity contribution in [2.75, 3.05) is 33.9 Å². The van der Waals surface area contributed by atoms with Crippen LogP contribution in [0.3, 0.4) is 0 Å². The molecule has 0 unspecified atom stereocenters. The fraction of sp³-hybridized carbons (Fsp3) is 0.545. The van der Waals surface area contributed by atoms with Crippen molar-refractivity contribution in [1.29, 1.82) is 0 Å². The molecule has 7 heteroatoms. The van der Waals surface area contributed by atoms with Gasteiger partial charge in [0.05, 0.1) is 19.3 Å². The van der Waals surface area contributed by atoms with Gasteiger partial charge < -0.3 is 24.6 Å². The Morgan fingerprint density at radius 2 is 1.93 bits per heavy atom. The zero-order chi connectivity index (χ0) is 20.7.